The quantitative estimate of drug-likeness (QED) is 0.123. The molecule has 1 fully saturated rings. The maximum atomic E-state index is 6.96. The molecule has 1 aliphatic heterocycles. The molecule has 0 amide bonds. The van der Waals surface area contributed by atoms with E-state index in [1.165, 1.54) is 12.8 Å². The molecule has 1 atom stereocenters. The molecule has 3 aromatic carbocycles. The van der Waals surface area contributed by atoms with E-state index >= 15 is 0 Å². The summed E-state index contributed by atoms with van der Waals surface area (Å²) in [6.07, 6.45) is 10.8. The van der Waals surface area contributed by atoms with Crippen LogP contribution in [0.4, 0.5) is 0 Å². The summed E-state index contributed by atoms with van der Waals surface area (Å²) < 4.78 is 18.8. The molecule has 2 N–H and O–H groups in total. The highest BCUT2D eigenvalue weighted by molar-refractivity contribution is 6.35. The molecule has 0 spiro atoms. The molecule has 0 saturated carbocycles. The van der Waals surface area contributed by atoms with E-state index < -0.39 is 0 Å². The summed E-state index contributed by atoms with van der Waals surface area (Å²) in [6, 6.07) is 15.9. The van der Waals surface area contributed by atoms with Crippen LogP contribution in [0.3, 0.4) is 0 Å². The Labute approximate surface area is 291 Å². The van der Waals surface area contributed by atoms with Crippen LogP contribution >= 0.6 is 23.2 Å². The van der Waals surface area contributed by atoms with Crippen molar-refractivity contribution in [3.8, 4) is 28.4 Å². The molecule has 9 nitrogen and oxygen atoms in total. The Bertz CT molecular complexity index is 1790. The van der Waals surface area contributed by atoms with Gasteiger partial charge in [-0.1, -0.05) is 53.5 Å². The zero-order valence-electron chi connectivity index (χ0n) is 27.2. The number of benzene rings is 3. The fourth-order valence-corrected chi connectivity index (χ4v) is 6.49. The van der Waals surface area contributed by atoms with E-state index in [1.807, 2.05) is 42.6 Å². The number of aromatic amines is 1. The van der Waals surface area contributed by atoms with Crippen LogP contribution in [-0.2, 0) is 26.3 Å². The van der Waals surface area contributed by atoms with Gasteiger partial charge in [-0.2, -0.15) is 0 Å². The number of nitrogens with one attached hydrogen (secondary N) is 2. The number of ether oxygens (including phenoxy) is 3. The van der Waals surface area contributed by atoms with Crippen molar-refractivity contribution in [1.29, 1.82) is 0 Å². The van der Waals surface area contributed by atoms with Gasteiger partial charge in [-0.05, 0) is 62.2 Å². The van der Waals surface area contributed by atoms with Gasteiger partial charge in [0.1, 0.15) is 30.5 Å². The van der Waals surface area contributed by atoms with Crippen LogP contribution in [0.1, 0.15) is 40.9 Å². The van der Waals surface area contributed by atoms with Crippen molar-refractivity contribution in [2.24, 2.45) is 5.92 Å². The molecule has 0 aliphatic carbocycles. The normalized spacial score (nSPS) is 15.0. The zero-order chi connectivity index (χ0) is 33.3. The van der Waals surface area contributed by atoms with Crippen molar-refractivity contribution >= 4 is 23.2 Å². The molecule has 1 aliphatic rings. The van der Waals surface area contributed by atoms with Gasteiger partial charge in [0.2, 0.25) is 0 Å². The average molecular weight is 688 g/mol. The minimum Gasteiger partial charge on any atom is -0.492 e. The van der Waals surface area contributed by atoms with Crippen LogP contribution in [0.5, 0.6) is 17.2 Å². The lowest BCUT2D eigenvalue weighted by molar-refractivity contribution is 0.150. The Morgan fingerprint density at radius 3 is 2.56 bits per heavy atom. The van der Waals surface area contributed by atoms with Gasteiger partial charge in [0.05, 0.1) is 40.6 Å². The first-order valence-corrected chi connectivity index (χ1v) is 16.9. The first-order valence-electron chi connectivity index (χ1n) is 16.1. The van der Waals surface area contributed by atoms with E-state index in [-0.39, 0.29) is 6.61 Å². The lowest BCUT2D eigenvalue weighted by atomic mass is 9.96. The van der Waals surface area contributed by atoms with Gasteiger partial charge in [-0.15, -0.1) is 0 Å². The van der Waals surface area contributed by atoms with Gasteiger partial charge in [0.25, 0.3) is 0 Å². The minimum absolute atomic E-state index is 0.254. The second-order valence-electron chi connectivity index (χ2n) is 12.1. The standard InChI is InChI=1S/C37H40Cl2N6O3/c1-25-27(7-3-8-31(25)32-9-4-10-34(37(32)39)46-21-26-6-5-13-45(2)20-26)22-47-36-15-35(48-23-30-19-40-11-12-43-30)28(14-33(36)38)16-41-17-29-18-42-24-44-29/h3-4,7-12,14-15,18-19,24,26,41H,5-6,13,16-17,20-23H2,1-2H3,(H,42,44). The molecule has 6 rings (SSSR count). The first-order chi connectivity index (χ1) is 23.4. The third kappa shape index (κ3) is 8.65. The molecule has 1 saturated heterocycles. The predicted octanol–water partition coefficient (Wildman–Crippen LogP) is 7.65. The summed E-state index contributed by atoms with van der Waals surface area (Å²) in [4.78, 5) is 18.1. The Morgan fingerprint density at radius 1 is 0.896 bits per heavy atom. The Hall–Kier alpha value is -4.15. The topological polar surface area (TPSA) is 97.4 Å². The Balaban J connectivity index is 1.17. The Morgan fingerprint density at radius 2 is 1.75 bits per heavy atom. The van der Waals surface area contributed by atoms with Crippen LogP contribution in [0, 0.1) is 12.8 Å². The van der Waals surface area contributed by atoms with Crippen molar-refractivity contribution in [2.75, 3.05) is 26.7 Å². The number of H-pyrrole nitrogens is 1. The number of rotatable bonds is 14. The second kappa shape index (κ2) is 16.3. The SMILES string of the molecule is Cc1c(COc2cc(OCc3cnccn3)c(CNCc3c[nH]cn3)cc2Cl)cccc1-c1cccc(OCC2CCCN(C)C2)c1Cl. The third-order valence-electron chi connectivity index (χ3n) is 8.56. The van der Waals surface area contributed by atoms with Crippen molar-refractivity contribution in [3.05, 3.63) is 118 Å². The lowest BCUT2D eigenvalue weighted by Crippen LogP contribution is -2.34. The smallest absolute Gasteiger partial charge is 0.142 e. The summed E-state index contributed by atoms with van der Waals surface area (Å²) in [7, 11) is 2.17. The van der Waals surface area contributed by atoms with E-state index in [0.29, 0.717) is 65.2 Å². The molecule has 11 heteroatoms. The predicted molar refractivity (Wildman–Crippen MR) is 189 cm³/mol. The van der Waals surface area contributed by atoms with Crippen LogP contribution in [-0.4, -0.2) is 51.6 Å². The summed E-state index contributed by atoms with van der Waals surface area (Å²) in [5.41, 5.74) is 6.56. The van der Waals surface area contributed by atoms with Gasteiger partial charge >= 0.3 is 0 Å². The fraction of sp³-hybridized carbons (Fsp3) is 0.324. The maximum absolute atomic E-state index is 6.96. The maximum Gasteiger partial charge on any atom is 0.142 e. The van der Waals surface area contributed by atoms with E-state index in [1.54, 1.807) is 24.9 Å². The number of imidazole rings is 1. The molecule has 1 unspecified atom stereocenters. The van der Waals surface area contributed by atoms with Crippen LogP contribution in [0.25, 0.3) is 11.1 Å². The van der Waals surface area contributed by atoms with E-state index in [4.69, 9.17) is 37.4 Å². The summed E-state index contributed by atoms with van der Waals surface area (Å²) in [5, 5.41) is 4.51. The third-order valence-corrected chi connectivity index (χ3v) is 9.25. The van der Waals surface area contributed by atoms with E-state index in [9.17, 15) is 0 Å². The highest BCUT2D eigenvalue weighted by atomic mass is 35.5. The van der Waals surface area contributed by atoms with E-state index in [0.717, 1.165) is 46.6 Å². The molecule has 5 aromatic rings. The van der Waals surface area contributed by atoms with Crippen molar-refractivity contribution in [1.82, 2.24) is 30.2 Å². The van der Waals surface area contributed by atoms with Gasteiger partial charge < -0.3 is 29.4 Å². The minimum atomic E-state index is 0.254. The summed E-state index contributed by atoms with van der Waals surface area (Å²) in [5.74, 6) is 2.38. The largest absolute Gasteiger partial charge is 0.492 e. The number of halogens is 2. The first kappa shape index (κ1) is 33.7. The number of aromatic nitrogens is 4. The lowest BCUT2D eigenvalue weighted by Gasteiger charge is -2.29. The van der Waals surface area contributed by atoms with E-state index in [2.05, 4.69) is 56.3 Å². The van der Waals surface area contributed by atoms with Crippen LogP contribution in [0.15, 0.2) is 79.6 Å². The molecular weight excluding hydrogens is 647 g/mol. The molecule has 2 aromatic heterocycles. The van der Waals surface area contributed by atoms with Crippen LogP contribution < -0.4 is 19.5 Å². The Kier molecular flexibility index (Phi) is 11.5. The van der Waals surface area contributed by atoms with Gasteiger partial charge in [-0.25, -0.2) is 4.98 Å². The molecule has 250 valence electrons. The molecule has 0 bridgehead atoms. The van der Waals surface area contributed by atoms with Crippen molar-refractivity contribution in [2.45, 2.75) is 46.1 Å². The van der Waals surface area contributed by atoms with Gasteiger partial charge in [0, 0.05) is 61.3 Å². The average Bonchev–Trinajstić information content (AvgIpc) is 3.62. The molecule has 48 heavy (non-hydrogen) atoms. The highest BCUT2D eigenvalue weighted by Gasteiger charge is 2.20. The number of likely N-dealkylation sites (tertiary alicyclic amines) is 1. The number of piperidine rings is 1. The summed E-state index contributed by atoms with van der Waals surface area (Å²) >= 11 is 13.7. The summed E-state index contributed by atoms with van der Waals surface area (Å²) in [6.45, 7) is 6.61. The van der Waals surface area contributed by atoms with Gasteiger partial charge in [-0.3, -0.25) is 9.97 Å². The highest BCUT2D eigenvalue weighted by Crippen LogP contribution is 2.39. The zero-order valence-corrected chi connectivity index (χ0v) is 28.7. The van der Waals surface area contributed by atoms with Crippen molar-refractivity contribution in [3.63, 3.8) is 0 Å². The monoisotopic (exact) mass is 686 g/mol. The number of hydrogen-bond acceptors (Lipinski definition) is 8. The molecular formula is C37H40Cl2N6O3. The van der Waals surface area contributed by atoms with Crippen LogP contribution in [0.2, 0.25) is 10.0 Å². The van der Waals surface area contributed by atoms with Crippen molar-refractivity contribution < 1.29 is 14.2 Å². The van der Waals surface area contributed by atoms with Gasteiger partial charge in [0.15, 0.2) is 0 Å². The molecule has 0 radical (unpaired) electrons. The fourth-order valence-electron chi connectivity index (χ4n) is 5.96. The molecule has 3 heterocycles. The number of nitrogens with zero attached hydrogens (tertiary/aromatic N) is 4. The number of hydrogen-bond donors (Lipinski definition) is 2. The second-order valence-corrected chi connectivity index (χ2v) is 12.9.